The summed E-state index contributed by atoms with van der Waals surface area (Å²) in [6, 6.07) is 4.00. The van der Waals surface area contributed by atoms with Gasteiger partial charge in [0.05, 0.1) is 13.2 Å². The van der Waals surface area contributed by atoms with Crippen LogP contribution in [-0.2, 0) is 9.47 Å². The summed E-state index contributed by atoms with van der Waals surface area (Å²) in [7, 11) is 0. The number of halogens is 3. The molecule has 88 valence electrons. The Morgan fingerprint density at radius 1 is 1.31 bits per heavy atom. The molecule has 0 amide bonds. The van der Waals surface area contributed by atoms with E-state index in [9.17, 15) is 13.2 Å². The van der Waals surface area contributed by atoms with Crippen molar-refractivity contribution in [3.05, 3.63) is 35.1 Å². The predicted molar refractivity (Wildman–Crippen MR) is 50.9 cm³/mol. The van der Waals surface area contributed by atoms with Crippen molar-refractivity contribution in [2.24, 2.45) is 0 Å². The molecule has 1 unspecified atom stereocenters. The molecule has 1 aliphatic rings. The van der Waals surface area contributed by atoms with E-state index in [0.717, 1.165) is 6.07 Å². The van der Waals surface area contributed by atoms with Crippen molar-refractivity contribution in [3.8, 4) is 0 Å². The smallest absolute Gasteiger partial charge is 0.184 e. The molecular formula is C11H11F3O2. The molecule has 1 fully saturated rings. The number of hydrogen-bond acceptors (Lipinski definition) is 2. The lowest BCUT2D eigenvalue weighted by molar-refractivity contribution is -0.0458. The van der Waals surface area contributed by atoms with E-state index in [-0.39, 0.29) is 11.1 Å². The van der Waals surface area contributed by atoms with Gasteiger partial charge in [-0.2, -0.15) is 0 Å². The molecule has 0 aromatic heterocycles. The first-order valence-corrected chi connectivity index (χ1v) is 4.95. The van der Waals surface area contributed by atoms with Gasteiger partial charge in [0.2, 0.25) is 0 Å². The number of hydrogen-bond donors (Lipinski definition) is 0. The summed E-state index contributed by atoms with van der Waals surface area (Å²) in [5.41, 5.74) is -0.0837. The topological polar surface area (TPSA) is 18.5 Å². The minimum atomic E-state index is -1.98. The van der Waals surface area contributed by atoms with Crippen LogP contribution in [0.5, 0.6) is 0 Å². The molecule has 0 saturated carbocycles. The zero-order valence-corrected chi connectivity index (χ0v) is 8.46. The molecule has 2 nitrogen and oxygen atoms in total. The van der Waals surface area contributed by atoms with Crippen LogP contribution in [0.1, 0.15) is 23.6 Å². The summed E-state index contributed by atoms with van der Waals surface area (Å²) in [5.74, 6) is -0.776. The van der Waals surface area contributed by atoms with Crippen LogP contribution in [0.25, 0.3) is 0 Å². The maximum Gasteiger partial charge on any atom is 0.184 e. The molecule has 0 N–H and O–H groups in total. The molecule has 0 bridgehead atoms. The zero-order valence-electron chi connectivity index (χ0n) is 8.46. The fourth-order valence-corrected chi connectivity index (χ4v) is 1.70. The van der Waals surface area contributed by atoms with Gasteiger partial charge in [-0.05, 0) is 6.07 Å². The van der Waals surface area contributed by atoms with Crippen LogP contribution in [0.4, 0.5) is 13.2 Å². The number of rotatable bonds is 3. The van der Waals surface area contributed by atoms with Crippen molar-refractivity contribution in [1.82, 2.24) is 0 Å². The van der Waals surface area contributed by atoms with Crippen LogP contribution in [0.2, 0.25) is 0 Å². The van der Waals surface area contributed by atoms with Crippen LogP contribution in [0.15, 0.2) is 18.2 Å². The van der Waals surface area contributed by atoms with Crippen molar-refractivity contribution in [1.29, 1.82) is 0 Å². The molecule has 1 heterocycles. The first-order chi connectivity index (χ1) is 7.74. The van der Waals surface area contributed by atoms with Gasteiger partial charge in [0.25, 0.3) is 0 Å². The molecule has 1 aliphatic heterocycles. The highest BCUT2D eigenvalue weighted by Crippen LogP contribution is 2.33. The van der Waals surface area contributed by atoms with E-state index in [1.807, 2.05) is 0 Å². The van der Waals surface area contributed by atoms with E-state index in [2.05, 4.69) is 0 Å². The molecule has 16 heavy (non-hydrogen) atoms. The van der Waals surface area contributed by atoms with E-state index < -0.39 is 25.0 Å². The average molecular weight is 232 g/mol. The fourth-order valence-electron chi connectivity index (χ4n) is 1.70. The third-order valence-corrected chi connectivity index (χ3v) is 2.41. The van der Waals surface area contributed by atoms with Crippen molar-refractivity contribution in [3.63, 3.8) is 0 Å². The van der Waals surface area contributed by atoms with Crippen molar-refractivity contribution in [2.45, 2.75) is 12.5 Å². The second-order valence-electron chi connectivity index (χ2n) is 3.44. The quantitative estimate of drug-likeness (QED) is 0.797. The van der Waals surface area contributed by atoms with Gasteiger partial charge < -0.3 is 9.47 Å². The number of ether oxygens (including phenoxy) is 2. The first-order valence-electron chi connectivity index (χ1n) is 4.95. The number of alkyl halides is 2. The minimum Gasteiger partial charge on any atom is -0.346 e. The Morgan fingerprint density at radius 3 is 2.62 bits per heavy atom. The highest BCUT2D eigenvalue weighted by Gasteiger charge is 2.27. The van der Waals surface area contributed by atoms with Gasteiger partial charge in [0.15, 0.2) is 12.5 Å². The van der Waals surface area contributed by atoms with E-state index in [4.69, 9.17) is 9.47 Å². The van der Waals surface area contributed by atoms with Crippen LogP contribution >= 0.6 is 0 Å². The van der Waals surface area contributed by atoms with E-state index in [0.29, 0.717) is 13.2 Å². The Bertz CT molecular complexity index is 364. The van der Waals surface area contributed by atoms with E-state index >= 15 is 0 Å². The van der Waals surface area contributed by atoms with Gasteiger partial charge in [0, 0.05) is 11.1 Å². The van der Waals surface area contributed by atoms with Crippen molar-refractivity contribution >= 4 is 0 Å². The van der Waals surface area contributed by atoms with Crippen molar-refractivity contribution in [2.75, 3.05) is 19.9 Å². The van der Waals surface area contributed by atoms with Crippen LogP contribution in [0, 0.1) is 5.82 Å². The third kappa shape index (κ3) is 2.05. The molecule has 1 saturated heterocycles. The highest BCUT2D eigenvalue weighted by atomic mass is 19.2. The lowest BCUT2D eigenvalue weighted by atomic mass is 10.0. The van der Waals surface area contributed by atoms with Crippen LogP contribution in [0.3, 0.4) is 0 Å². The fraction of sp³-hybridized carbons (Fsp3) is 0.455. The monoisotopic (exact) mass is 232 g/mol. The van der Waals surface area contributed by atoms with Gasteiger partial charge in [-0.1, -0.05) is 12.1 Å². The summed E-state index contributed by atoms with van der Waals surface area (Å²) in [4.78, 5) is 0. The van der Waals surface area contributed by atoms with Crippen molar-refractivity contribution < 1.29 is 22.6 Å². The second-order valence-corrected chi connectivity index (χ2v) is 3.44. The van der Waals surface area contributed by atoms with Gasteiger partial charge in [-0.3, -0.25) is 0 Å². The highest BCUT2D eigenvalue weighted by molar-refractivity contribution is 5.32. The molecule has 1 atom stereocenters. The SMILES string of the molecule is FCC(F)c1c(F)cccc1C1OCCO1. The molecule has 0 aliphatic carbocycles. The first kappa shape index (κ1) is 11.4. The Balaban J connectivity index is 2.38. The van der Waals surface area contributed by atoms with Gasteiger partial charge >= 0.3 is 0 Å². The lowest BCUT2D eigenvalue weighted by Crippen LogP contribution is -2.08. The Kier molecular flexibility index (Phi) is 3.46. The predicted octanol–water partition coefficient (Wildman–Crippen LogP) is 2.85. The lowest BCUT2D eigenvalue weighted by Gasteiger charge is -2.16. The molecule has 0 spiro atoms. The summed E-state index contributed by atoms with van der Waals surface area (Å²) in [6.07, 6.45) is -2.78. The normalized spacial score (nSPS) is 18.9. The largest absolute Gasteiger partial charge is 0.346 e. The third-order valence-electron chi connectivity index (χ3n) is 2.41. The molecule has 1 aromatic carbocycles. The average Bonchev–Trinajstić information content (AvgIpc) is 2.81. The summed E-state index contributed by atoms with van der Waals surface area (Å²) in [6.45, 7) is -0.527. The minimum absolute atomic E-state index is 0.225. The Hall–Kier alpha value is -1.07. The molecule has 2 rings (SSSR count). The van der Waals surface area contributed by atoms with E-state index in [1.54, 1.807) is 0 Å². The van der Waals surface area contributed by atoms with Crippen LogP contribution < -0.4 is 0 Å². The summed E-state index contributed by atoms with van der Waals surface area (Å²) >= 11 is 0. The Morgan fingerprint density at radius 2 is 2.00 bits per heavy atom. The maximum absolute atomic E-state index is 13.4. The summed E-state index contributed by atoms with van der Waals surface area (Å²) < 4.78 is 49.3. The van der Waals surface area contributed by atoms with Gasteiger partial charge in [-0.15, -0.1) is 0 Å². The number of benzene rings is 1. The standard InChI is InChI=1S/C11H11F3O2/c12-6-9(14)10-7(2-1-3-8(10)13)11-15-4-5-16-11/h1-3,9,11H,4-6H2. The van der Waals surface area contributed by atoms with Gasteiger partial charge in [-0.25, -0.2) is 13.2 Å². The van der Waals surface area contributed by atoms with Gasteiger partial charge in [0.1, 0.15) is 12.5 Å². The molecular weight excluding hydrogens is 221 g/mol. The Labute approximate surface area is 91.0 Å². The van der Waals surface area contributed by atoms with Crippen LogP contribution in [-0.4, -0.2) is 19.9 Å². The summed E-state index contributed by atoms with van der Waals surface area (Å²) in [5, 5.41) is 0. The second kappa shape index (κ2) is 4.84. The zero-order chi connectivity index (χ0) is 11.5. The molecule has 0 radical (unpaired) electrons. The molecule has 5 heteroatoms. The molecule has 1 aromatic rings. The van der Waals surface area contributed by atoms with E-state index in [1.165, 1.54) is 12.1 Å². The maximum atomic E-state index is 13.4.